The zero-order valence-electron chi connectivity index (χ0n) is 23.7. The maximum atomic E-state index is 12.5. The van der Waals surface area contributed by atoms with E-state index >= 15 is 0 Å². The number of hydrogen-bond acceptors (Lipinski definition) is 5. The van der Waals surface area contributed by atoms with E-state index < -0.39 is 25.2 Å². The van der Waals surface area contributed by atoms with Crippen LogP contribution < -0.4 is 0 Å². The molecule has 0 heterocycles. The van der Waals surface area contributed by atoms with E-state index in [4.69, 9.17) is 0 Å². The molecule has 0 aromatic rings. The molecule has 0 saturated heterocycles. The number of unbranched alkanes of at least 4 members (excludes halogenated alkanes) is 20. The average molecular weight is 529 g/mol. The number of rotatable bonds is 28. The van der Waals surface area contributed by atoms with Crippen LogP contribution in [0.25, 0.3) is 0 Å². The minimum Gasteiger partial charge on any atom is -0.369 e. The van der Waals surface area contributed by atoms with Gasteiger partial charge >= 0.3 is 7.68 Å². The maximum Gasteiger partial charge on any atom is 0.356 e. The summed E-state index contributed by atoms with van der Waals surface area (Å²) in [6, 6.07) is 0. The Morgan fingerprint density at radius 1 is 0.528 bits per heavy atom. The zero-order valence-corrected chi connectivity index (χ0v) is 24.6. The summed E-state index contributed by atoms with van der Waals surface area (Å²) in [4.78, 5) is 24.8. The smallest absolute Gasteiger partial charge is 0.356 e. The molecule has 0 saturated carbocycles. The van der Waals surface area contributed by atoms with Gasteiger partial charge in [-0.15, -0.1) is 0 Å². The molecule has 0 aliphatic carbocycles. The summed E-state index contributed by atoms with van der Waals surface area (Å²) in [6.45, 7) is 4.45. The van der Waals surface area contributed by atoms with Gasteiger partial charge in [-0.2, -0.15) is 0 Å². The van der Waals surface area contributed by atoms with Gasteiger partial charge in [-0.3, -0.25) is 9.59 Å². The molecule has 1 atom stereocenters. The van der Waals surface area contributed by atoms with Crippen molar-refractivity contribution in [3.63, 3.8) is 0 Å². The third-order valence-corrected chi connectivity index (χ3v) is 8.27. The van der Waals surface area contributed by atoms with Crippen molar-refractivity contribution < 1.29 is 23.8 Å². The summed E-state index contributed by atoms with van der Waals surface area (Å²) in [5.41, 5.74) is 0. The third-order valence-electron chi connectivity index (χ3n) is 7.26. The van der Waals surface area contributed by atoms with Gasteiger partial charge in [0.25, 0.3) is 0 Å². The molecule has 0 aliphatic heterocycles. The van der Waals surface area contributed by atoms with E-state index in [0.717, 1.165) is 38.5 Å². The largest absolute Gasteiger partial charge is 0.369 e. The first kappa shape index (κ1) is 35.2. The Morgan fingerprint density at radius 2 is 0.833 bits per heavy atom. The zero-order chi connectivity index (χ0) is 26.9. The molecule has 0 spiro atoms. The van der Waals surface area contributed by atoms with Crippen LogP contribution in [-0.2, 0) is 18.7 Å². The molecule has 1 N–H and O–H groups in total. The molecule has 0 amide bonds. The third kappa shape index (κ3) is 19.3. The summed E-state index contributed by atoms with van der Waals surface area (Å²) in [7, 11) is -3.41. The van der Waals surface area contributed by atoms with Crippen LogP contribution in [0.15, 0.2) is 0 Å². The molecule has 0 fully saturated rings. The summed E-state index contributed by atoms with van der Waals surface area (Å²) in [6.07, 6.45) is 25.1. The van der Waals surface area contributed by atoms with Crippen LogP contribution in [0.1, 0.15) is 174 Å². The second-order valence-corrected chi connectivity index (χ2v) is 12.0. The van der Waals surface area contributed by atoms with Crippen LogP contribution in [0.4, 0.5) is 0 Å². The van der Waals surface area contributed by atoms with E-state index in [-0.39, 0.29) is 18.6 Å². The molecule has 1 unspecified atom stereocenters. The van der Waals surface area contributed by atoms with E-state index in [2.05, 4.69) is 13.8 Å². The maximum absolute atomic E-state index is 12.5. The highest BCUT2D eigenvalue weighted by Gasteiger charge is 2.43. The standard InChI is InChI=1S/C30H57O5P/c1-3-5-7-9-11-13-15-17-19-21-23-25-28(31)27-30(33,36(34)35)29(32)26-24-22-20-18-16-14-12-10-8-6-4-2/h33H,3-27H2,1-2H3. The van der Waals surface area contributed by atoms with Gasteiger partial charge in [-0.25, -0.2) is 9.13 Å². The van der Waals surface area contributed by atoms with E-state index in [1.54, 1.807) is 0 Å². The first-order chi connectivity index (χ1) is 17.4. The summed E-state index contributed by atoms with van der Waals surface area (Å²) >= 11 is 0. The van der Waals surface area contributed by atoms with Gasteiger partial charge in [-0.05, 0) is 12.8 Å². The van der Waals surface area contributed by atoms with Crippen LogP contribution >= 0.6 is 7.68 Å². The number of carbonyl (C=O) groups is 2. The van der Waals surface area contributed by atoms with Gasteiger partial charge in [0.05, 0.1) is 6.42 Å². The molecular formula is C30H57O5P. The molecule has 0 aromatic carbocycles. The van der Waals surface area contributed by atoms with Crippen LogP contribution in [-0.4, -0.2) is 22.0 Å². The second-order valence-electron chi connectivity index (χ2n) is 10.8. The Balaban J connectivity index is 3.95. The Labute approximate surface area is 222 Å². The minimum atomic E-state index is -3.41. The lowest BCUT2D eigenvalue weighted by molar-refractivity contribution is -0.135. The number of carbonyl (C=O) groups excluding carboxylic acids is 2. The molecule has 36 heavy (non-hydrogen) atoms. The second kappa shape index (κ2) is 24.5. The van der Waals surface area contributed by atoms with Crippen molar-refractivity contribution in [1.29, 1.82) is 0 Å². The van der Waals surface area contributed by atoms with Gasteiger partial charge in [0.2, 0.25) is 5.34 Å². The molecule has 0 aromatic heterocycles. The topological polar surface area (TPSA) is 88.5 Å². The molecule has 0 bridgehead atoms. The Morgan fingerprint density at radius 3 is 1.17 bits per heavy atom. The van der Waals surface area contributed by atoms with E-state index in [1.165, 1.54) is 89.9 Å². The van der Waals surface area contributed by atoms with Crippen LogP contribution in [0.3, 0.4) is 0 Å². The SMILES string of the molecule is CCCCCCCCCCCCCC(=O)CC(O)(C(=O)CCCCCCCCCCCCC)P(=O)=O. The number of aliphatic hydroxyl groups is 1. The fourth-order valence-corrected chi connectivity index (χ4v) is 5.39. The lowest BCUT2D eigenvalue weighted by Gasteiger charge is -2.18. The predicted octanol–water partition coefficient (Wildman–Crippen LogP) is 9.78. The van der Waals surface area contributed by atoms with Crippen molar-refractivity contribution in [2.45, 2.75) is 180 Å². The van der Waals surface area contributed by atoms with Crippen molar-refractivity contribution in [3.05, 3.63) is 0 Å². The van der Waals surface area contributed by atoms with Gasteiger partial charge in [0.1, 0.15) is 5.78 Å². The van der Waals surface area contributed by atoms with E-state index in [1.807, 2.05) is 0 Å². The van der Waals surface area contributed by atoms with Crippen LogP contribution in [0, 0.1) is 0 Å². The monoisotopic (exact) mass is 528 g/mol. The fourth-order valence-electron chi connectivity index (χ4n) is 4.76. The van der Waals surface area contributed by atoms with E-state index in [9.17, 15) is 23.8 Å². The average Bonchev–Trinajstić information content (AvgIpc) is 2.85. The molecule has 0 rings (SSSR count). The van der Waals surface area contributed by atoms with Crippen molar-refractivity contribution in [3.8, 4) is 0 Å². The lowest BCUT2D eigenvalue weighted by atomic mass is 9.99. The molecule has 0 radical (unpaired) electrons. The van der Waals surface area contributed by atoms with Crippen molar-refractivity contribution in [2.24, 2.45) is 0 Å². The minimum absolute atomic E-state index is 0.0164. The van der Waals surface area contributed by atoms with Crippen LogP contribution in [0.5, 0.6) is 0 Å². The first-order valence-electron chi connectivity index (χ1n) is 15.3. The van der Waals surface area contributed by atoms with Gasteiger partial charge in [0, 0.05) is 12.8 Å². The summed E-state index contributed by atoms with van der Waals surface area (Å²) < 4.78 is 23.3. The first-order valence-corrected chi connectivity index (χ1v) is 16.5. The normalized spacial score (nSPS) is 13.0. The molecule has 5 nitrogen and oxygen atoms in total. The predicted molar refractivity (Wildman–Crippen MR) is 150 cm³/mol. The highest BCUT2D eigenvalue weighted by molar-refractivity contribution is 7.34. The molecular weight excluding hydrogens is 471 g/mol. The number of Topliss-reactive ketones (excluding diaryl/α,β-unsaturated/α-hetero) is 2. The van der Waals surface area contributed by atoms with Crippen molar-refractivity contribution >= 4 is 19.2 Å². The van der Waals surface area contributed by atoms with Crippen molar-refractivity contribution in [2.75, 3.05) is 0 Å². The molecule has 0 aliphatic rings. The Bertz CT molecular complexity index is 608. The lowest BCUT2D eigenvalue weighted by Crippen LogP contribution is -2.36. The van der Waals surface area contributed by atoms with Gasteiger partial charge in [0.15, 0.2) is 5.78 Å². The number of ketones is 2. The Hall–Kier alpha value is -0.800. The summed E-state index contributed by atoms with van der Waals surface area (Å²) in [5.74, 6) is -1.05. The Kier molecular flexibility index (Phi) is 24.0. The van der Waals surface area contributed by atoms with Gasteiger partial charge in [-0.1, -0.05) is 142 Å². The highest BCUT2D eigenvalue weighted by atomic mass is 31.1. The molecule has 212 valence electrons. The van der Waals surface area contributed by atoms with Gasteiger partial charge < -0.3 is 5.11 Å². The molecule has 6 heteroatoms. The van der Waals surface area contributed by atoms with Crippen LogP contribution in [0.2, 0.25) is 0 Å². The van der Waals surface area contributed by atoms with Crippen molar-refractivity contribution in [1.82, 2.24) is 0 Å². The highest BCUT2D eigenvalue weighted by Crippen LogP contribution is 2.33. The quantitative estimate of drug-likeness (QED) is 0.0806. The fraction of sp³-hybridized carbons (Fsp3) is 0.933. The number of hydrogen-bond donors (Lipinski definition) is 1. The summed E-state index contributed by atoms with van der Waals surface area (Å²) in [5, 5.41) is 7.97. The van der Waals surface area contributed by atoms with E-state index in [0.29, 0.717) is 12.8 Å².